The van der Waals surface area contributed by atoms with Crippen molar-refractivity contribution in [3.05, 3.63) is 47.5 Å². The van der Waals surface area contributed by atoms with E-state index in [1.54, 1.807) is 18.2 Å². The minimum atomic E-state index is -0.268. The molecule has 0 spiro atoms. The highest BCUT2D eigenvalue weighted by atomic mass is 16.5. The molecule has 0 bridgehead atoms. The fraction of sp³-hybridized carbons (Fsp3) is 0.308. The molecular weight excluding hydrogens is 188 g/mol. The third-order valence-electron chi connectivity index (χ3n) is 2.14. The fourth-order valence-corrected chi connectivity index (χ4v) is 1.18. The van der Waals surface area contributed by atoms with Crippen molar-refractivity contribution in [2.45, 2.75) is 20.3 Å². The zero-order valence-corrected chi connectivity index (χ0v) is 9.19. The monoisotopic (exact) mass is 204 g/mol. The Hall–Kier alpha value is -1.57. The summed E-state index contributed by atoms with van der Waals surface area (Å²) in [5.74, 6) is -0.268. The topological polar surface area (TPSA) is 26.3 Å². The first-order chi connectivity index (χ1) is 7.27. The van der Waals surface area contributed by atoms with Crippen LogP contribution < -0.4 is 0 Å². The Kier molecular flexibility index (Phi) is 4.61. The van der Waals surface area contributed by atoms with Crippen molar-refractivity contribution >= 4 is 5.97 Å². The summed E-state index contributed by atoms with van der Waals surface area (Å²) in [4.78, 5) is 11.5. The maximum absolute atomic E-state index is 11.5. The van der Waals surface area contributed by atoms with E-state index < -0.39 is 0 Å². The smallest absolute Gasteiger partial charge is 0.338 e. The first-order valence-corrected chi connectivity index (χ1v) is 5.15. The highest BCUT2D eigenvalue weighted by Gasteiger charge is 2.04. The van der Waals surface area contributed by atoms with Crippen LogP contribution in [0.15, 0.2) is 36.4 Å². The maximum Gasteiger partial charge on any atom is 0.338 e. The Balaban J connectivity index is 2.58. The summed E-state index contributed by atoms with van der Waals surface area (Å²) < 4.78 is 5.02. The van der Waals surface area contributed by atoms with E-state index in [9.17, 15) is 4.79 Å². The Morgan fingerprint density at radius 1 is 1.33 bits per heavy atom. The summed E-state index contributed by atoms with van der Waals surface area (Å²) in [5.41, 5.74) is 1.83. The van der Waals surface area contributed by atoms with Crippen molar-refractivity contribution in [1.82, 2.24) is 0 Å². The van der Waals surface area contributed by atoms with Crippen LogP contribution in [-0.2, 0) is 11.2 Å². The molecule has 1 rings (SSSR count). The molecule has 2 heteroatoms. The molecule has 1 aromatic carbocycles. The third kappa shape index (κ3) is 3.58. The van der Waals surface area contributed by atoms with E-state index in [1.165, 1.54) is 5.56 Å². The molecule has 1 aromatic rings. The first kappa shape index (κ1) is 11.5. The van der Waals surface area contributed by atoms with Gasteiger partial charge >= 0.3 is 5.97 Å². The average Bonchev–Trinajstić information content (AvgIpc) is 2.29. The lowest BCUT2D eigenvalue weighted by molar-refractivity contribution is 0.0549. The second kappa shape index (κ2) is 6.02. The third-order valence-corrected chi connectivity index (χ3v) is 2.14. The minimum Gasteiger partial charge on any atom is -0.458 e. The summed E-state index contributed by atoms with van der Waals surface area (Å²) in [6.07, 6.45) is 4.64. The van der Waals surface area contributed by atoms with Gasteiger partial charge in [-0.05, 0) is 31.0 Å². The van der Waals surface area contributed by atoms with Crippen LogP contribution in [0.2, 0.25) is 0 Å². The van der Waals surface area contributed by atoms with Crippen molar-refractivity contribution in [2.24, 2.45) is 0 Å². The molecule has 0 saturated carbocycles. The van der Waals surface area contributed by atoms with Crippen LogP contribution in [0.3, 0.4) is 0 Å². The summed E-state index contributed by atoms with van der Waals surface area (Å²) in [6.45, 7) is 4.31. The van der Waals surface area contributed by atoms with E-state index in [1.807, 2.05) is 25.1 Å². The standard InChI is InChI=1S/C13H16O2/c1-3-5-10-15-13(14)12-8-6-11(4-2)7-9-12/h3,5-9H,4,10H2,1-2H3/b5-3+. The largest absolute Gasteiger partial charge is 0.458 e. The Bertz CT molecular complexity index is 336. The highest BCUT2D eigenvalue weighted by molar-refractivity contribution is 5.89. The van der Waals surface area contributed by atoms with Crippen LogP contribution in [0.25, 0.3) is 0 Å². The second-order valence-electron chi connectivity index (χ2n) is 3.22. The quantitative estimate of drug-likeness (QED) is 0.556. The van der Waals surface area contributed by atoms with Gasteiger partial charge in [-0.3, -0.25) is 0 Å². The zero-order valence-electron chi connectivity index (χ0n) is 9.19. The first-order valence-electron chi connectivity index (χ1n) is 5.15. The van der Waals surface area contributed by atoms with E-state index in [2.05, 4.69) is 6.92 Å². The molecule has 0 saturated heterocycles. The lowest BCUT2D eigenvalue weighted by Gasteiger charge is -2.02. The summed E-state index contributed by atoms with van der Waals surface area (Å²) in [7, 11) is 0. The lowest BCUT2D eigenvalue weighted by atomic mass is 10.1. The van der Waals surface area contributed by atoms with Gasteiger partial charge in [0.15, 0.2) is 0 Å². The van der Waals surface area contributed by atoms with Crippen LogP contribution in [0.4, 0.5) is 0 Å². The minimum absolute atomic E-state index is 0.268. The predicted octanol–water partition coefficient (Wildman–Crippen LogP) is 2.98. The van der Waals surface area contributed by atoms with Crippen molar-refractivity contribution in [3.8, 4) is 0 Å². The molecule has 0 aliphatic heterocycles. The summed E-state index contributed by atoms with van der Waals surface area (Å²) in [5, 5.41) is 0. The molecule has 0 radical (unpaired) electrons. The summed E-state index contributed by atoms with van der Waals surface area (Å²) in [6, 6.07) is 7.51. The van der Waals surface area contributed by atoms with Crippen LogP contribution in [0.5, 0.6) is 0 Å². The van der Waals surface area contributed by atoms with Gasteiger partial charge in [0.1, 0.15) is 6.61 Å². The molecule has 0 heterocycles. The van der Waals surface area contributed by atoms with Gasteiger partial charge in [0.2, 0.25) is 0 Å². The molecule has 0 fully saturated rings. The van der Waals surface area contributed by atoms with Gasteiger partial charge in [0.25, 0.3) is 0 Å². The van der Waals surface area contributed by atoms with Gasteiger partial charge in [-0.1, -0.05) is 31.2 Å². The maximum atomic E-state index is 11.5. The molecule has 0 unspecified atom stereocenters. The van der Waals surface area contributed by atoms with E-state index in [0.29, 0.717) is 12.2 Å². The van der Waals surface area contributed by atoms with Crippen molar-refractivity contribution in [3.63, 3.8) is 0 Å². The number of ether oxygens (including phenoxy) is 1. The van der Waals surface area contributed by atoms with E-state index >= 15 is 0 Å². The van der Waals surface area contributed by atoms with Crippen LogP contribution >= 0.6 is 0 Å². The SMILES string of the molecule is C/C=C/COC(=O)c1ccc(CC)cc1. The van der Waals surface area contributed by atoms with Crippen LogP contribution in [0, 0.1) is 0 Å². The predicted molar refractivity (Wildman–Crippen MR) is 60.9 cm³/mol. The van der Waals surface area contributed by atoms with Crippen LogP contribution in [0.1, 0.15) is 29.8 Å². The molecule has 0 aliphatic carbocycles. The fourth-order valence-electron chi connectivity index (χ4n) is 1.18. The lowest BCUT2D eigenvalue weighted by Crippen LogP contribution is -2.04. The number of carbonyl (C=O) groups is 1. The molecule has 80 valence electrons. The van der Waals surface area contributed by atoms with Crippen LogP contribution in [-0.4, -0.2) is 12.6 Å². The second-order valence-corrected chi connectivity index (χ2v) is 3.22. The zero-order chi connectivity index (χ0) is 11.1. The molecular formula is C13H16O2. The number of aryl methyl sites for hydroxylation is 1. The number of benzene rings is 1. The Morgan fingerprint density at radius 3 is 2.53 bits per heavy atom. The van der Waals surface area contributed by atoms with Crippen molar-refractivity contribution < 1.29 is 9.53 Å². The van der Waals surface area contributed by atoms with E-state index in [0.717, 1.165) is 6.42 Å². The number of rotatable bonds is 4. The molecule has 2 nitrogen and oxygen atoms in total. The average molecular weight is 204 g/mol. The highest BCUT2D eigenvalue weighted by Crippen LogP contribution is 2.06. The van der Waals surface area contributed by atoms with Gasteiger partial charge in [-0.2, -0.15) is 0 Å². The van der Waals surface area contributed by atoms with E-state index in [4.69, 9.17) is 4.74 Å². The molecule has 0 N–H and O–H groups in total. The van der Waals surface area contributed by atoms with Gasteiger partial charge in [0, 0.05) is 0 Å². The molecule has 15 heavy (non-hydrogen) atoms. The molecule has 0 aromatic heterocycles. The van der Waals surface area contributed by atoms with Gasteiger partial charge in [-0.15, -0.1) is 0 Å². The van der Waals surface area contributed by atoms with Gasteiger partial charge in [-0.25, -0.2) is 4.79 Å². The molecule has 0 aliphatic rings. The normalized spacial score (nSPS) is 10.5. The van der Waals surface area contributed by atoms with Gasteiger partial charge < -0.3 is 4.74 Å². The number of carbonyl (C=O) groups excluding carboxylic acids is 1. The van der Waals surface area contributed by atoms with E-state index in [-0.39, 0.29) is 5.97 Å². The molecule has 0 amide bonds. The Morgan fingerprint density at radius 2 is 2.00 bits per heavy atom. The number of allylic oxidation sites excluding steroid dienone is 1. The summed E-state index contributed by atoms with van der Waals surface area (Å²) >= 11 is 0. The van der Waals surface area contributed by atoms with Crippen molar-refractivity contribution in [2.75, 3.05) is 6.61 Å². The van der Waals surface area contributed by atoms with Gasteiger partial charge in [0.05, 0.1) is 5.56 Å². The number of hydrogen-bond acceptors (Lipinski definition) is 2. The molecule has 0 atom stereocenters. The number of hydrogen-bond donors (Lipinski definition) is 0. The Labute approximate surface area is 90.6 Å². The number of esters is 1. The van der Waals surface area contributed by atoms with Crippen molar-refractivity contribution in [1.29, 1.82) is 0 Å².